The molecule has 3 atom stereocenters. The van der Waals surface area contributed by atoms with Crippen LogP contribution in [0.1, 0.15) is 48.2 Å². The Morgan fingerprint density at radius 3 is 2.46 bits per heavy atom. The van der Waals surface area contributed by atoms with Crippen molar-refractivity contribution in [1.29, 1.82) is 0 Å². The highest BCUT2D eigenvalue weighted by Gasteiger charge is 2.21. The zero-order valence-electron chi connectivity index (χ0n) is 14.5. The molecule has 4 nitrogen and oxygen atoms in total. The van der Waals surface area contributed by atoms with Gasteiger partial charge in [-0.05, 0) is 34.9 Å². The van der Waals surface area contributed by atoms with Gasteiger partial charge >= 0.3 is 0 Å². The Morgan fingerprint density at radius 1 is 1.25 bits per heavy atom. The average Bonchev–Trinajstić information content (AvgIpc) is 3.13. The van der Waals surface area contributed by atoms with Crippen LogP contribution in [-0.2, 0) is 9.53 Å². The summed E-state index contributed by atoms with van der Waals surface area (Å²) in [4.78, 5) is 13.4. The molecule has 0 bridgehead atoms. The van der Waals surface area contributed by atoms with E-state index in [4.69, 9.17) is 10.5 Å². The Kier molecular flexibility index (Phi) is 6.97. The Labute approximate surface area is 148 Å². The van der Waals surface area contributed by atoms with Crippen molar-refractivity contribution in [3.63, 3.8) is 0 Å². The van der Waals surface area contributed by atoms with Crippen LogP contribution in [0.5, 0.6) is 0 Å². The maximum atomic E-state index is 12.3. The lowest BCUT2D eigenvalue weighted by Gasteiger charge is -2.21. The van der Waals surface area contributed by atoms with E-state index in [2.05, 4.69) is 43.4 Å². The molecule has 1 amide bonds. The zero-order chi connectivity index (χ0) is 17.5. The molecule has 0 saturated heterocycles. The number of ether oxygens (including phenoxy) is 1. The Hall–Kier alpha value is -1.69. The first kappa shape index (κ1) is 18.6. The number of thiophene rings is 1. The van der Waals surface area contributed by atoms with Gasteiger partial charge in [0.2, 0.25) is 5.91 Å². The minimum Gasteiger partial charge on any atom is -0.383 e. The minimum atomic E-state index is -0.670. The fourth-order valence-electron chi connectivity index (χ4n) is 2.53. The molecule has 0 aliphatic rings. The number of amides is 1. The molecule has 3 N–H and O–H groups in total. The summed E-state index contributed by atoms with van der Waals surface area (Å²) in [7, 11) is 1.54. The van der Waals surface area contributed by atoms with Crippen LogP contribution in [0.25, 0.3) is 0 Å². The number of methoxy groups -OCH3 is 1. The molecule has 1 aromatic carbocycles. The van der Waals surface area contributed by atoms with Gasteiger partial charge in [-0.3, -0.25) is 4.79 Å². The van der Waals surface area contributed by atoms with Gasteiger partial charge < -0.3 is 15.8 Å². The number of hydrogen-bond donors (Lipinski definition) is 2. The van der Waals surface area contributed by atoms with Crippen molar-refractivity contribution in [3.05, 3.63) is 57.8 Å². The van der Waals surface area contributed by atoms with Gasteiger partial charge in [-0.2, -0.15) is 0 Å². The highest BCUT2D eigenvalue weighted by atomic mass is 32.1. The van der Waals surface area contributed by atoms with Gasteiger partial charge in [0, 0.05) is 12.0 Å². The molecule has 3 unspecified atom stereocenters. The summed E-state index contributed by atoms with van der Waals surface area (Å²) in [6.45, 7) is 4.61. The average molecular weight is 346 g/mol. The number of carbonyl (C=O) groups is 1. The predicted octanol–water partition coefficient (Wildman–Crippen LogP) is 3.44. The van der Waals surface area contributed by atoms with Crippen LogP contribution in [0, 0.1) is 0 Å². The first-order valence-corrected chi connectivity index (χ1v) is 9.12. The molecule has 0 fully saturated rings. The number of nitrogens with one attached hydrogen (secondary N) is 1. The number of hydrogen-bond acceptors (Lipinski definition) is 4. The van der Waals surface area contributed by atoms with E-state index in [0.29, 0.717) is 5.92 Å². The molecule has 0 spiro atoms. The molecule has 2 rings (SSSR count). The Bertz CT molecular complexity index is 625. The molecule has 2 aromatic rings. The van der Waals surface area contributed by atoms with Crippen LogP contribution in [0.15, 0.2) is 41.8 Å². The molecule has 1 heterocycles. The Balaban J connectivity index is 2.22. The molecule has 0 aliphatic heterocycles. The fraction of sp³-hybridized carbons (Fsp3) is 0.421. The van der Waals surface area contributed by atoms with Gasteiger partial charge in [0.15, 0.2) is 0 Å². The smallest absolute Gasteiger partial charge is 0.240 e. The van der Waals surface area contributed by atoms with E-state index < -0.39 is 6.04 Å². The summed E-state index contributed by atoms with van der Waals surface area (Å²) in [5, 5.41) is 5.06. The summed E-state index contributed by atoms with van der Waals surface area (Å²) < 4.78 is 4.97. The minimum absolute atomic E-state index is 0.189. The van der Waals surface area contributed by atoms with Gasteiger partial charge in [-0.25, -0.2) is 0 Å². The van der Waals surface area contributed by atoms with Crippen molar-refractivity contribution in [1.82, 2.24) is 5.32 Å². The van der Waals surface area contributed by atoms with E-state index in [1.54, 1.807) is 11.3 Å². The third-order valence-electron chi connectivity index (χ3n) is 4.25. The molecule has 0 saturated carbocycles. The van der Waals surface area contributed by atoms with Crippen LogP contribution >= 0.6 is 11.3 Å². The summed E-state index contributed by atoms with van der Waals surface area (Å²) in [5.74, 6) is 0.324. The number of rotatable bonds is 8. The highest BCUT2D eigenvalue weighted by Crippen LogP contribution is 2.28. The van der Waals surface area contributed by atoms with Crippen molar-refractivity contribution in [2.45, 2.75) is 38.3 Å². The van der Waals surface area contributed by atoms with E-state index in [1.807, 2.05) is 17.5 Å². The number of benzene rings is 1. The van der Waals surface area contributed by atoms with Crippen LogP contribution in [0.4, 0.5) is 0 Å². The monoisotopic (exact) mass is 346 g/mol. The topological polar surface area (TPSA) is 64.4 Å². The fourth-order valence-corrected chi connectivity index (χ4v) is 3.33. The maximum absolute atomic E-state index is 12.3. The third-order valence-corrected chi connectivity index (χ3v) is 5.19. The predicted molar refractivity (Wildman–Crippen MR) is 99.3 cm³/mol. The second-order valence-electron chi connectivity index (χ2n) is 5.99. The number of carbonyl (C=O) groups excluding carboxylic acids is 1. The van der Waals surface area contributed by atoms with E-state index in [0.717, 1.165) is 16.9 Å². The van der Waals surface area contributed by atoms with Gasteiger partial charge in [-0.15, -0.1) is 11.3 Å². The van der Waals surface area contributed by atoms with Crippen molar-refractivity contribution < 1.29 is 9.53 Å². The highest BCUT2D eigenvalue weighted by molar-refractivity contribution is 7.10. The van der Waals surface area contributed by atoms with Crippen LogP contribution < -0.4 is 11.1 Å². The molecular weight excluding hydrogens is 320 g/mol. The lowest BCUT2D eigenvalue weighted by atomic mass is 9.95. The lowest BCUT2D eigenvalue weighted by Crippen LogP contribution is -2.44. The van der Waals surface area contributed by atoms with Gasteiger partial charge in [0.05, 0.1) is 12.6 Å². The lowest BCUT2D eigenvalue weighted by molar-refractivity contribution is -0.123. The van der Waals surface area contributed by atoms with Crippen LogP contribution in [0.2, 0.25) is 0 Å². The van der Waals surface area contributed by atoms with Crippen molar-refractivity contribution in [2.75, 3.05) is 13.7 Å². The van der Waals surface area contributed by atoms with Crippen LogP contribution in [0.3, 0.4) is 0 Å². The summed E-state index contributed by atoms with van der Waals surface area (Å²) in [5.41, 5.74) is 8.23. The van der Waals surface area contributed by atoms with E-state index in [1.165, 1.54) is 12.7 Å². The molecule has 24 heavy (non-hydrogen) atoms. The summed E-state index contributed by atoms with van der Waals surface area (Å²) in [6.07, 6.45) is 1.11. The van der Waals surface area contributed by atoms with Crippen molar-refractivity contribution in [2.24, 2.45) is 5.73 Å². The van der Waals surface area contributed by atoms with Crippen LogP contribution in [-0.4, -0.2) is 25.7 Å². The van der Waals surface area contributed by atoms with E-state index in [9.17, 15) is 4.79 Å². The summed E-state index contributed by atoms with van der Waals surface area (Å²) >= 11 is 1.62. The number of nitrogens with two attached hydrogens (primary N) is 1. The second-order valence-corrected chi connectivity index (χ2v) is 6.97. The largest absolute Gasteiger partial charge is 0.383 e. The molecule has 0 radical (unpaired) electrons. The molecule has 1 aromatic heterocycles. The molecular formula is C19H26N2O2S. The first-order chi connectivity index (χ1) is 11.6. The SMILES string of the molecule is CCC(C)c1ccc(C(NC(=O)C(N)COC)c2cccs2)cc1. The van der Waals surface area contributed by atoms with Crippen molar-refractivity contribution in [3.8, 4) is 0 Å². The zero-order valence-corrected chi connectivity index (χ0v) is 15.3. The van der Waals surface area contributed by atoms with Gasteiger partial charge in [-0.1, -0.05) is 44.2 Å². The summed E-state index contributed by atoms with van der Waals surface area (Å²) in [6, 6.07) is 11.6. The Morgan fingerprint density at radius 2 is 1.92 bits per heavy atom. The molecule has 130 valence electrons. The van der Waals surface area contributed by atoms with Gasteiger partial charge in [0.1, 0.15) is 6.04 Å². The molecule has 0 aliphatic carbocycles. The first-order valence-electron chi connectivity index (χ1n) is 8.25. The third kappa shape index (κ3) is 4.66. The maximum Gasteiger partial charge on any atom is 0.240 e. The molecule has 5 heteroatoms. The standard InChI is InChI=1S/C19H26N2O2S/c1-4-13(2)14-7-9-15(10-8-14)18(17-6-5-11-24-17)21-19(22)16(20)12-23-3/h5-11,13,16,18H,4,12,20H2,1-3H3,(H,21,22). The quantitative estimate of drug-likeness (QED) is 0.769. The normalized spacial score (nSPS) is 14.8. The van der Waals surface area contributed by atoms with Crippen molar-refractivity contribution >= 4 is 17.2 Å². The second kappa shape index (κ2) is 8.97. The van der Waals surface area contributed by atoms with E-state index >= 15 is 0 Å². The van der Waals surface area contributed by atoms with E-state index in [-0.39, 0.29) is 18.6 Å². The van der Waals surface area contributed by atoms with Gasteiger partial charge in [0.25, 0.3) is 0 Å².